The number of hydrogen-bond donors (Lipinski definition) is 1. The summed E-state index contributed by atoms with van der Waals surface area (Å²) in [6.07, 6.45) is 5.89. The Balaban J connectivity index is 1.99. The Hall–Kier alpha value is -2.44. The quantitative estimate of drug-likeness (QED) is 0.654. The third-order valence-electron chi connectivity index (χ3n) is 4.26. The summed E-state index contributed by atoms with van der Waals surface area (Å²) in [5, 5.41) is 14.3. The van der Waals surface area contributed by atoms with Gasteiger partial charge in [-0.05, 0) is 36.8 Å². The van der Waals surface area contributed by atoms with Crippen LogP contribution in [0.4, 0.5) is 11.5 Å². The van der Waals surface area contributed by atoms with Gasteiger partial charge >= 0.3 is 11.2 Å². The topological polar surface area (TPSA) is 89.5 Å². The van der Waals surface area contributed by atoms with Crippen LogP contribution in [0.5, 0.6) is 0 Å². The summed E-state index contributed by atoms with van der Waals surface area (Å²) in [7, 11) is 0. The Morgan fingerprint density at radius 1 is 1.45 bits per heavy atom. The molecule has 0 spiro atoms. The van der Waals surface area contributed by atoms with Crippen LogP contribution < -0.4 is 10.9 Å². The molecule has 1 N–H and O–H groups in total. The highest BCUT2D eigenvalue weighted by Crippen LogP contribution is 2.49. The molecule has 1 saturated carbocycles. The Bertz CT molecular complexity index is 780. The van der Waals surface area contributed by atoms with Gasteiger partial charge in [0.15, 0.2) is 0 Å². The van der Waals surface area contributed by atoms with Crippen molar-refractivity contribution in [1.82, 2.24) is 9.38 Å². The van der Waals surface area contributed by atoms with E-state index in [0.717, 1.165) is 25.7 Å². The highest BCUT2D eigenvalue weighted by atomic mass is 16.6. The predicted molar refractivity (Wildman–Crippen MR) is 83.2 cm³/mol. The van der Waals surface area contributed by atoms with Crippen molar-refractivity contribution in [1.29, 1.82) is 0 Å². The van der Waals surface area contributed by atoms with Crippen molar-refractivity contribution in [3.8, 4) is 0 Å². The molecule has 0 amide bonds. The van der Waals surface area contributed by atoms with E-state index in [1.807, 2.05) is 0 Å². The maximum absolute atomic E-state index is 12.3. The van der Waals surface area contributed by atoms with Gasteiger partial charge < -0.3 is 5.32 Å². The van der Waals surface area contributed by atoms with E-state index < -0.39 is 16.2 Å². The average molecular weight is 302 g/mol. The smallest absolute Gasteiger partial charge is 0.364 e. The van der Waals surface area contributed by atoms with Crippen LogP contribution in [0.1, 0.15) is 32.6 Å². The van der Waals surface area contributed by atoms with Gasteiger partial charge in [-0.1, -0.05) is 19.4 Å². The van der Waals surface area contributed by atoms with Crippen LogP contribution in [0, 0.1) is 15.5 Å². The Labute approximate surface area is 127 Å². The number of fused-ring (bicyclic) bond motifs is 1. The first kappa shape index (κ1) is 14.5. The molecule has 116 valence electrons. The van der Waals surface area contributed by atoms with Crippen LogP contribution in [-0.4, -0.2) is 20.9 Å². The molecule has 7 nitrogen and oxygen atoms in total. The van der Waals surface area contributed by atoms with E-state index in [4.69, 9.17) is 0 Å². The van der Waals surface area contributed by atoms with E-state index >= 15 is 0 Å². The molecule has 0 bridgehead atoms. The lowest BCUT2D eigenvalue weighted by Crippen LogP contribution is -2.23. The first-order chi connectivity index (χ1) is 10.6. The van der Waals surface area contributed by atoms with E-state index in [2.05, 4.69) is 17.2 Å². The molecule has 0 unspecified atom stereocenters. The zero-order valence-corrected chi connectivity index (χ0v) is 12.4. The van der Waals surface area contributed by atoms with Gasteiger partial charge in [-0.3, -0.25) is 19.3 Å². The largest absolute Gasteiger partial charge is 0.376 e. The molecule has 7 heteroatoms. The molecule has 1 aliphatic carbocycles. The second-order valence-electron chi connectivity index (χ2n) is 5.90. The van der Waals surface area contributed by atoms with E-state index in [0.29, 0.717) is 12.2 Å². The van der Waals surface area contributed by atoms with Crippen molar-refractivity contribution < 1.29 is 4.92 Å². The first-order valence-corrected chi connectivity index (χ1v) is 7.46. The minimum atomic E-state index is -0.656. The molecule has 22 heavy (non-hydrogen) atoms. The molecule has 2 aromatic rings. The molecule has 2 heterocycles. The van der Waals surface area contributed by atoms with Crippen LogP contribution in [0.25, 0.3) is 5.65 Å². The molecule has 2 aromatic heterocycles. The predicted octanol–water partition coefficient (Wildman–Crippen LogP) is 2.59. The third kappa shape index (κ3) is 2.54. The number of nitrogens with zero attached hydrogens (tertiary/aromatic N) is 3. The molecule has 3 rings (SSSR count). The molecule has 0 atom stereocenters. The fourth-order valence-corrected chi connectivity index (χ4v) is 2.86. The summed E-state index contributed by atoms with van der Waals surface area (Å²) < 4.78 is 1.20. The van der Waals surface area contributed by atoms with E-state index in [1.54, 1.807) is 18.2 Å². The van der Waals surface area contributed by atoms with Crippen molar-refractivity contribution in [2.45, 2.75) is 32.6 Å². The monoisotopic (exact) mass is 302 g/mol. The van der Waals surface area contributed by atoms with E-state index in [1.165, 1.54) is 10.6 Å². The number of nitro groups is 1. The standard InChI is InChI=1S/C15H18N4O3/c1-2-6-15(7-8-15)10-16-13-12(19(21)22)14(20)18-9-4-3-5-11(18)17-13/h3-5,9,16H,2,6-8,10H2,1H3. The number of hydrogen-bond acceptors (Lipinski definition) is 5. The van der Waals surface area contributed by atoms with Crippen LogP contribution in [0.15, 0.2) is 29.2 Å². The molecule has 1 aliphatic rings. The lowest BCUT2D eigenvalue weighted by Gasteiger charge is -2.15. The molecular weight excluding hydrogens is 284 g/mol. The van der Waals surface area contributed by atoms with Crippen LogP contribution in [0.3, 0.4) is 0 Å². The van der Waals surface area contributed by atoms with Crippen LogP contribution >= 0.6 is 0 Å². The Morgan fingerprint density at radius 2 is 2.23 bits per heavy atom. The number of nitrogens with one attached hydrogen (secondary N) is 1. The minimum absolute atomic E-state index is 0.0728. The molecule has 0 radical (unpaired) electrons. The van der Waals surface area contributed by atoms with Gasteiger partial charge in [-0.25, -0.2) is 4.98 Å². The summed E-state index contributed by atoms with van der Waals surface area (Å²) >= 11 is 0. The van der Waals surface area contributed by atoms with Crippen LogP contribution in [0.2, 0.25) is 0 Å². The number of aromatic nitrogens is 2. The lowest BCUT2D eigenvalue weighted by molar-refractivity contribution is -0.385. The normalized spacial score (nSPS) is 15.7. The van der Waals surface area contributed by atoms with Crippen LogP contribution in [-0.2, 0) is 0 Å². The van der Waals surface area contributed by atoms with Crippen molar-refractivity contribution in [3.63, 3.8) is 0 Å². The van der Waals surface area contributed by atoms with Gasteiger partial charge in [0, 0.05) is 12.7 Å². The van der Waals surface area contributed by atoms with Gasteiger partial charge in [-0.15, -0.1) is 0 Å². The average Bonchev–Trinajstić information content (AvgIpc) is 3.25. The van der Waals surface area contributed by atoms with Gasteiger partial charge in [0.1, 0.15) is 5.65 Å². The maximum atomic E-state index is 12.3. The second kappa shape index (κ2) is 5.40. The van der Waals surface area contributed by atoms with Gasteiger partial charge in [0.25, 0.3) is 0 Å². The van der Waals surface area contributed by atoms with Gasteiger partial charge in [0.2, 0.25) is 5.82 Å². The summed E-state index contributed by atoms with van der Waals surface area (Å²) in [6, 6.07) is 5.06. The third-order valence-corrected chi connectivity index (χ3v) is 4.26. The molecule has 0 aromatic carbocycles. The van der Waals surface area contributed by atoms with E-state index in [-0.39, 0.29) is 11.2 Å². The highest BCUT2D eigenvalue weighted by Gasteiger charge is 2.41. The SMILES string of the molecule is CCCC1(CNc2nc3ccccn3c(=O)c2[N+](=O)[O-])CC1. The molecular formula is C15H18N4O3. The zero-order valence-electron chi connectivity index (χ0n) is 12.4. The highest BCUT2D eigenvalue weighted by molar-refractivity contribution is 5.59. The summed E-state index contributed by atoms with van der Waals surface area (Å²) in [6.45, 7) is 2.75. The van der Waals surface area contributed by atoms with Gasteiger partial charge in [-0.2, -0.15) is 0 Å². The number of anilines is 1. The van der Waals surface area contributed by atoms with Crippen molar-refractivity contribution >= 4 is 17.2 Å². The Morgan fingerprint density at radius 3 is 2.86 bits per heavy atom. The fourth-order valence-electron chi connectivity index (χ4n) is 2.86. The summed E-state index contributed by atoms with van der Waals surface area (Å²) in [5.41, 5.74) is -0.526. The van der Waals surface area contributed by atoms with Gasteiger partial charge in [0.05, 0.1) is 4.92 Å². The minimum Gasteiger partial charge on any atom is -0.364 e. The summed E-state index contributed by atoms with van der Waals surface area (Å²) in [4.78, 5) is 27.2. The lowest BCUT2D eigenvalue weighted by atomic mass is 10.0. The van der Waals surface area contributed by atoms with E-state index in [9.17, 15) is 14.9 Å². The van der Waals surface area contributed by atoms with Crippen molar-refractivity contribution in [2.75, 3.05) is 11.9 Å². The molecule has 0 saturated heterocycles. The first-order valence-electron chi connectivity index (χ1n) is 7.46. The Kier molecular flexibility index (Phi) is 3.56. The van der Waals surface area contributed by atoms with Crippen molar-refractivity contribution in [2.24, 2.45) is 5.41 Å². The van der Waals surface area contributed by atoms with Crippen molar-refractivity contribution in [3.05, 3.63) is 44.9 Å². The molecule has 1 fully saturated rings. The zero-order chi connectivity index (χ0) is 15.7. The summed E-state index contributed by atoms with van der Waals surface area (Å²) in [5.74, 6) is 0.0728. The maximum Gasteiger partial charge on any atom is 0.376 e. The number of rotatable bonds is 6. The second-order valence-corrected chi connectivity index (χ2v) is 5.90. The number of pyridine rings is 1. The fraction of sp³-hybridized carbons (Fsp3) is 0.467. The molecule has 0 aliphatic heterocycles.